The molecule has 0 spiro atoms. The van der Waals surface area contributed by atoms with Crippen LogP contribution in [-0.2, 0) is 9.59 Å². The van der Waals surface area contributed by atoms with Gasteiger partial charge >= 0.3 is 0 Å². The molecule has 0 aliphatic carbocycles. The van der Waals surface area contributed by atoms with Crippen molar-refractivity contribution >= 4 is 63.5 Å². The number of phenolic OH excluding ortho intramolecular Hbond substituents is 2. The van der Waals surface area contributed by atoms with E-state index in [2.05, 4.69) is 5.32 Å². The predicted molar refractivity (Wildman–Crippen MR) is 114 cm³/mol. The van der Waals surface area contributed by atoms with Gasteiger partial charge in [-0.2, -0.15) is 0 Å². The van der Waals surface area contributed by atoms with Crippen molar-refractivity contribution < 1.29 is 19.8 Å². The maximum Gasteiger partial charge on any atom is 0.266 e. The van der Waals surface area contributed by atoms with Crippen molar-refractivity contribution in [2.45, 2.75) is 13.0 Å². The molecule has 144 valence electrons. The second kappa shape index (κ2) is 8.22. The number of hydrogen-bond acceptors (Lipinski definition) is 6. The van der Waals surface area contributed by atoms with Crippen molar-refractivity contribution in [2.24, 2.45) is 0 Å². The number of benzene rings is 2. The molecule has 0 saturated carbocycles. The number of carbonyl (C=O) groups excluding carboxylic acids is 2. The molecule has 2 aromatic carbocycles. The molecule has 0 radical (unpaired) electrons. The first-order valence-electron chi connectivity index (χ1n) is 8.12. The van der Waals surface area contributed by atoms with E-state index in [0.717, 1.165) is 11.8 Å². The molecule has 1 aliphatic rings. The van der Waals surface area contributed by atoms with Crippen LogP contribution in [0.15, 0.2) is 47.4 Å². The van der Waals surface area contributed by atoms with Crippen molar-refractivity contribution in [1.82, 2.24) is 4.90 Å². The fraction of sp³-hybridized carbons (Fsp3) is 0.105. The molecule has 1 atom stereocenters. The predicted octanol–water partition coefficient (Wildman–Crippen LogP) is 3.98. The lowest BCUT2D eigenvalue weighted by atomic mass is 10.1. The molecule has 0 aromatic heterocycles. The van der Waals surface area contributed by atoms with Gasteiger partial charge in [-0.25, -0.2) is 0 Å². The van der Waals surface area contributed by atoms with Crippen molar-refractivity contribution in [2.75, 3.05) is 5.32 Å². The third-order valence-corrected chi connectivity index (χ3v) is 5.57. The summed E-state index contributed by atoms with van der Waals surface area (Å²) in [7, 11) is 0. The number of amides is 2. The number of thiocarbonyl (C=S) groups is 1. The molecule has 1 unspecified atom stereocenters. The molecule has 2 amide bonds. The quantitative estimate of drug-likeness (QED) is 0.383. The van der Waals surface area contributed by atoms with Crippen LogP contribution in [0, 0.1) is 0 Å². The monoisotopic (exact) mass is 434 g/mol. The molecule has 1 heterocycles. The summed E-state index contributed by atoms with van der Waals surface area (Å²) in [4.78, 5) is 26.8. The van der Waals surface area contributed by atoms with Gasteiger partial charge in [0, 0.05) is 16.3 Å². The lowest BCUT2D eigenvalue weighted by molar-refractivity contribution is -0.129. The Balaban J connectivity index is 1.78. The molecule has 0 bridgehead atoms. The first-order chi connectivity index (χ1) is 13.3. The summed E-state index contributed by atoms with van der Waals surface area (Å²) in [6.45, 7) is 1.57. The second-order valence-corrected chi connectivity index (χ2v) is 8.08. The zero-order chi connectivity index (χ0) is 20.4. The van der Waals surface area contributed by atoms with E-state index in [-0.39, 0.29) is 20.7 Å². The molecule has 3 N–H and O–H groups in total. The average Bonchev–Trinajstić information content (AvgIpc) is 2.93. The first-order valence-corrected chi connectivity index (χ1v) is 9.72. The Hall–Kier alpha value is -2.55. The Bertz CT molecular complexity index is 992. The first kappa shape index (κ1) is 20.2. The van der Waals surface area contributed by atoms with Crippen LogP contribution < -0.4 is 5.32 Å². The van der Waals surface area contributed by atoms with Crippen LogP contribution in [0.1, 0.15) is 12.5 Å². The van der Waals surface area contributed by atoms with Crippen LogP contribution >= 0.6 is 35.6 Å². The van der Waals surface area contributed by atoms with Crippen LogP contribution in [0.25, 0.3) is 6.08 Å². The minimum atomic E-state index is -0.847. The van der Waals surface area contributed by atoms with Gasteiger partial charge in [-0.05, 0) is 55.5 Å². The van der Waals surface area contributed by atoms with Crippen molar-refractivity contribution in [3.8, 4) is 11.5 Å². The van der Waals surface area contributed by atoms with E-state index >= 15 is 0 Å². The molecular weight excluding hydrogens is 420 g/mol. The van der Waals surface area contributed by atoms with Gasteiger partial charge < -0.3 is 15.5 Å². The van der Waals surface area contributed by atoms with E-state index in [1.807, 2.05) is 0 Å². The number of nitrogens with one attached hydrogen (secondary N) is 1. The highest BCUT2D eigenvalue weighted by Gasteiger charge is 2.38. The number of phenols is 2. The van der Waals surface area contributed by atoms with E-state index in [9.17, 15) is 19.8 Å². The van der Waals surface area contributed by atoms with E-state index in [1.165, 1.54) is 41.3 Å². The molecular formula is C19H15ClN2O4S2. The molecule has 6 nitrogen and oxygen atoms in total. The number of hydrogen-bond donors (Lipinski definition) is 3. The Morgan fingerprint density at radius 2 is 1.93 bits per heavy atom. The van der Waals surface area contributed by atoms with Crippen LogP contribution in [-0.4, -0.2) is 37.3 Å². The highest BCUT2D eigenvalue weighted by atomic mass is 35.5. The summed E-state index contributed by atoms with van der Waals surface area (Å²) in [5.74, 6) is -0.790. The highest BCUT2D eigenvalue weighted by Crippen LogP contribution is 2.36. The summed E-state index contributed by atoms with van der Waals surface area (Å²) in [5.41, 5.74) is 0.869. The minimum absolute atomic E-state index is 0.0206. The van der Waals surface area contributed by atoms with Gasteiger partial charge in [0.1, 0.15) is 21.9 Å². The normalized spacial score (nSPS) is 16.5. The molecule has 2 aromatic rings. The molecule has 1 fully saturated rings. The maximum atomic E-state index is 12.8. The SMILES string of the molecule is CC(C(=O)Nc1ccc(O)cc1)N1C(=O)/C(=C/c2cc(Cl)ccc2O)SC1=S. The topological polar surface area (TPSA) is 89.9 Å². The third kappa shape index (κ3) is 4.30. The number of anilines is 1. The van der Waals surface area contributed by atoms with E-state index in [0.29, 0.717) is 16.3 Å². The van der Waals surface area contributed by atoms with Crippen LogP contribution in [0.2, 0.25) is 5.02 Å². The van der Waals surface area contributed by atoms with E-state index < -0.39 is 17.9 Å². The highest BCUT2D eigenvalue weighted by molar-refractivity contribution is 8.26. The molecule has 1 saturated heterocycles. The van der Waals surface area contributed by atoms with Crippen molar-refractivity contribution in [3.63, 3.8) is 0 Å². The van der Waals surface area contributed by atoms with Gasteiger partial charge in [-0.15, -0.1) is 0 Å². The van der Waals surface area contributed by atoms with Crippen molar-refractivity contribution in [3.05, 3.63) is 58.0 Å². The Kier molecular flexibility index (Phi) is 5.93. The van der Waals surface area contributed by atoms with Gasteiger partial charge in [-0.3, -0.25) is 14.5 Å². The van der Waals surface area contributed by atoms with E-state index in [1.54, 1.807) is 19.1 Å². The number of carbonyl (C=O) groups is 2. The minimum Gasteiger partial charge on any atom is -0.508 e. The Morgan fingerprint density at radius 3 is 2.61 bits per heavy atom. The Labute approximate surface area is 175 Å². The summed E-state index contributed by atoms with van der Waals surface area (Å²) in [5, 5.41) is 22.3. The van der Waals surface area contributed by atoms with Crippen LogP contribution in [0.4, 0.5) is 5.69 Å². The van der Waals surface area contributed by atoms with Gasteiger partial charge in [0.2, 0.25) is 5.91 Å². The molecule has 1 aliphatic heterocycles. The molecule has 9 heteroatoms. The average molecular weight is 435 g/mol. The fourth-order valence-corrected chi connectivity index (χ4v) is 4.09. The largest absolute Gasteiger partial charge is 0.508 e. The standard InChI is InChI=1S/C19H15ClN2O4S2/c1-10(17(25)21-13-3-5-14(23)6-4-13)22-18(26)16(28-19(22)27)9-11-8-12(20)2-7-15(11)24/h2-10,23-24H,1H3,(H,21,25)/b16-9-. The Morgan fingerprint density at radius 1 is 1.25 bits per heavy atom. The molecule has 3 rings (SSSR count). The lowest BCUT2D eigenvalue weighted by Crippen LogP contribution is -2.44. The van der Waals surface area contributed by atoms with Gasteiger partial charge in [0.15, 0.2) is 0 Å². The summed E-state index contributed by atoms with van der Waals surface area (Å²) in [6.07, 6.45) is 1.49. The zero-order valence-electron chi connectivity index (χ0n) is 14.5. The number of rotatable bonds is 4. The summed E-state index contributed by atoms with van der Waals surface area (Å²) < 4.78 is 0.242. The maximum absolute atomic E-state index is 12.8. The number of thioether (sulfide) groups is 1. The number of aromatic hydroxyl groups is 2. The van der Waals surface area contributed by atoms with Gasteiger partial charge in [0.25, 0.3) is 5.91 Å². The smallest absolute Gasteiger partial charge is 0.266 e. The van der Waals surface area contributed by atoms with E-state index in [4.69, 9.17) is 23.8 Å². The van der Waals surface area contributed by atoms with Crippen molar-refractivity contribution in [1.29, 1.82) is 0 Å². The summed E-state index contributed by atoms with van der Waals surface area (Å²) in [6, 6.07) is 9.64. The van der Waals surface area contributed by atoms with Gasteiger partial charge in [0.05, 0.1) is 4.91 Å². The summed E-state index contributed by atoms with van der Waals surface area (Å²) >= 11 is 12.3. The zero-order valence-corrected chi connectivity index (χ0v) is 16.9. The number of halogens is 1. The van der Waals surface area contributed by atoms with Crippen LogP contribution in [0.3, 0.4) is 0 Å². The molecule has 28 heavy (non-hydrogen) atoms. The van der Waals surface area contributed by atoms with Gasteiger partial charge in [-0.1, -0.05) is 35.6 Å². The third-order valence-electron chi connectivity index (χ3n) is 4.00. The lowest BCUT2D eigenvalue weighted by Gasteiger charge is -2.22. The fourth-order valence-electron chi connectivity index (χ4n) is 2.50. The van der Waals surface area contributed by atoms with Crippen LogP contribution in [0.5, 0.6) is 11.5 Å². The number of nitrogens with zero attached hydrogens (tertiary/aromatic N) is 1. The second-order valence-electron chi connectivity index (χ2n) is 5.97.